The van der Waals surface area contributed by atoms with Crippen LogP contribution in [0.1, 0.15) is 44.0 Å². The first kappa shape index (κ1) is 17.1. The average molecular weight is 325 g/mol. The van der Waals surface area contributed by atoms with Crippen LogP contribution in [0.3, 0.4) is 0 Å². The van der Waals surface area contributed by atoms with E-state index in [0.29, 0.717) is 22.3 Å². The number of amides is 1. The molecule has 1 saturated heterocycles. The zero-order valence-corrected chi connectivity index (χ0v) is 14.3. The topological polar surface area (TPSA) is 55.6 Å². The molecule has 0 aliphatic carbocycles. The van der Waals surface area contributed by atoms with Crippen molar-refractivity contribution in [2.45, 2.75) is 45.8 Å². The highest BCUT2D eigenvalue weighted by atomic mass is 35.5. The Kier molecular flexibility index (Phi) is 5.70. The smallest absolute Gasteiger partial charge is 0.257 e. The maximum absolute atomic E-state index is 12.8. The number of carbonyl (C=O) groups excluding carboxylic acids is 1. The van der Waals surface area contributed by atoms with Gasteiger partial charge in [-0.15, -0.1) is 0 Å². The lowest BCUT2D eigenvalue weighted by molar-refractivity contribution is 0.0675. The van der Waals surface area contributed by atoms with E-state index in [0.717, 1.165) is 25.9 Å². The fourth-order valence-corrected chi connectivity index (χ4v) is 3.00. The Morgan fingerprint density at radius 2 is 1.95 bits per heavy atom. The molecule has 0 radical (unpaired) electrons. The number of hydrogen-bond acceptors (Lipinski definition) is 3. The largest absolute Gasteiger partial charge is 0.490 e. The van der Waals surface area contributed by atoms with E-state index in [1.807, 2.05) is 25.7 Å². The van der Waals surface area contributed by atoms with Crippen LogP contribution in [-0.2, 0) is 0 Å². The van der Waals surface area contributed by atoms with Gasteiger partial charge >= 0.3 is 0 Å². The standard InChI is InChI=1S/C17H25ClN2O2/c1-11(2)22-16-5-4-14(18)10-15(16)17(21)20-8-6-13(7-9-20)12(3)19/h4-5,10-13H,6-9,19H2,1-3H3. The molecule has 0 saturated carbocycles. The molecule has 5 heteroatoms. The van der Waals surface area contributed by atoms with E-state index in [1.54, 1.807) is 18.2 Å². The van der Waals surface area contributed by atoms with Gasteiger partial charge in [0.05, 0.1) is 11.7 Å². The van der Waals surface area contributed by atoms with E-state index in [9.17, 15) is 4.79 Å². The average Bonchev–Trinajstić information content (AvgIpc) is 2.48. The van der Waals surface area contributed by atoms with Crippen LogP contribution in [-0.4, -0.2) is 36.0 Å². The lowest BCUT2D eigenvalue weighted by Gasteiger charge is -2.34. The minimum Gasteiger partial charge on any atom is -0.490 e. The van der Waals surface area contributed by atoms with Gasteiger partial charge in [0.25, 0.3) is 5.91 Å². The summed E-state index contributed by atoms with van der Waals surface area (Å²) in [4.78, 5) is 14.7. The second-order valence-corrected chi connectivity index (χ2v) is 6.73. The highest BCUT2D eigenvalue weighted by molar-refractivity contribution is 6.31. The minimum atomic E-state index is -0.0127. The van der Waals surface area contributed by atoms with E-state index in [1.165, 1.54) is 0 Å². The van der Waals surface area contributed by atoms with Gasteiger partial charge in [0.15, 0.2) is 0 Å². The predicted octanol–water partition coefficient (Wildman–Crippen LogP) is 3.33. The molecule has 1 heterocycles. The normalized spacial score (nSPS) is 17.6. The van der Waals surface area contributed by atoms with Crippen molar-refractivity contribution < 1.29 is 9.53 Å². The Hall–Kier alpha value is -1.26. The van der Waals surface area contributed by atoms with E-state index >= 15 is 0 Å². The third-order valence-electron chi connectivity index (χ3n) is 4.11. The summed E-state index contributed by atoms with van der Waals surface area (Å²) in [5, 5.41) is 0.546. The van der Waals surface area contributed by atoms with Gasteiger partial charge in [-0.05, 0) is 57.7 Å². The minimum absolute atomic E-state index is 0.0107. The predicted molar refractivity (Wildman–Crippen MR) is 89.5 cm³/mol. The summed E-state index contributed by atoms with van der Waals surface area (Å²) in [5.74, 6) is 1.08. The third-order valence-corrected chi connectivity index (χ3v) is 4.34. The monoisotopic (exact) mass is 324 g/mol. The van der Waals surface area contributed by atoms with E-state index in [4.69, 9.17) is 22.1 Å². The van der Waals surface area contributed by atoms with E-state index in [-0.39, 0.29) is 18.1 Å². The van der Waals surface area contributed by atoms with Gasteiger partial charge in [0.1, 0.15) is 5.75 Å². The lowest BCUT2D eigenvalue weighted by Crippen LogP contribution is -2.42. The molecule has 1 aromatic carbocycles. The summed E-state index contributed by atoms with van der Waals surface area (Å²) < 4.78 is 5.75. The summed E-state index contributed by atoms with van der Waals surface area (Å²) in [6.45, 7) is 7.39. The van der Waals surface area contributed by atoms with Gasteiger partial charge in [-0.3, -0.25) is 4.79 Å². The lowest BCUT2D eigenvalue weighted by atomic mass is 9.90. The van der Waals surface area contributed by atoms with Crippen molar-refractivity contribution in [1.82, 2.24) is 4.90 Å². The van der Waals surface area contributed by atoms with Crippen molar-refractivity contribution in [3.8, 4) is 5.75 Å². The molecule has 1 aliphatic rings. The van der Waals surface area contributed by atoms with Gasteiger partial charge in [-0.2, -0.15) is 0 Å². The number of rotatable bonds is 4. The van der Waals surface area contributed by atoms with E-state index < -0.39 is 0 Å². The molecule has 2 rings (SSSR count). The molecular weight excluding hydrogens is 300 g/mol. The Balaban J connectivity index is 2.14. The van der Waals surface area contributed by atoms with Crippen molar-refractivity contribution in [3.05, 3.63) is 28.8 Å². The summed E-state index contributed by atoms with van der Waals surface area (Å²) in [6, 6.07) is 5.39. The van der Waals surface area contributed by atoms with Gasteiger partial charge in [0.2, 0.25) is 0 Å². The zero-order valence-electron chi connectivity index (χ0n) is 13.5. The van der Waals surface area contributed by atoms with Crippen molar-refractivity contribution in [3.63, 3.8) is 0 Å². The molecule has 2 N–H and O–H groups in total. The molecular formula is C17H25ClN2O2. The van der Waals surface area contributed by atoms with Crippen LogP contribution in [0.4, 0.5) is 0 Å². The molecule has 22 heavy (non-hydrogen) atoms. The number of carbonyl (C=O) groups is 1. The molecule has 1 unspecified atom stereocenters. The molecule has 4 nitrogen and oxygen atoms in total. The maximum atomic E-state index is 12.8. The van der Waals surface area contributed by atoms with Gasteiger partial charge in [0, 0.05) is 24.2 Å². The number of halogens is 1. The first-order chi connectivity index (χ1) is 10.4. The number of nitrogens with two attached hydrogens (primary N) is 1. The Labute approximate surface area is 137 Å². The van der Waals surface area contributed by atoms with Crippen LogP contribution in [0.2, 0.25) is 5.02 Å². The van der Waals surface area contributed by atoms with Crippen LogP contribution in [0.25, 0.3) is 0 Å². The molecule has 1 amide bonds. The second-order valence-electron chi connectivity index (χ2n) is 6.30. The number of benzene rings is 1. The molecule has 0 bridgehead atoms. The zero-order chi connectivity index (χ0) is 16.3. The summed E-state index contributed by atoms with van der Waals surface area (Å²) >= 11 is 6.06. The molecule has 0 spiro atoms. The van der Waals surface area contributed by atoms with Crippen LogP contribution in [0.5, 0.6) is 5.75 Å². The SMILES string of the molecule is CC(C)Oc1ccc(Cl)cc1C(=O)N1CCC(C(C)N)CC1. The summed E-state index contributed by atoms with van der Waals surface area (Å²) in [5.41, 5.74) is 6.50. The Bertz CT molecular complexity index is 523. The van der Waals surface area contributed by atoms with Crippen molar-refractivity contribution in [2.75, 3.05) is 13.1 Å². The molecule has 0 aromatic heterocycles. The highest BCUT2D eigenvalue weighted by Gasteiger charge is 2.27. The van der Waals surface area contributed by atoms with Gasteiger partial charge in [-0.1, -0.05) is 11.6 Å². The fraction of sp³-hybridized carbons (Fsp3) is 0.588. The third kappa shape index (κ3) is 4.14. The molecule has 1 aliphatic heterocycles. The van der Waals surface area contributed by atoms with Crippen molar-refractivity contribution in [1.29, 1.82) is 0 Å². The van der Waals surface area contributed by atoms with Gasteiger partial charge in [-0.25, -0.2) is 0 Å². The maximum Gasteiger partial charge on any atom is 0.257 e. The summed E-state index contributed by atoms with van der Waals surface area (Å²) in [6.07, 6.45) is 1.91. The number of piperidine rings is 1. The second kappa shape index (κ2) is 7.34. The number of likely N-dealkylation sites (tertiary alicyclic amines) is 1. The Morgan fingerprint density at radius 3 is 2.50 bits per heavy atom. The molecule has 122 valence electrons. The van der Waals surface area contributed by atoms with Gasteiger partial charge < -0.3 is 15.4 Å². The number of hydrogen-bond donors (Lipinski definition) is 1. The van der Waals surface area contributed by atoms with Crippen LogP contribution in [0, 0.1) is 5.92 Å². The van der Waals surface area contributed by atoms with Crippen molar-refractivity contribution >= 4 is 17.5 Å². The quantitative estimate of drug-likeness (QED) is 0.924. The number of ether oxygens (including phenoxy) is 1. The van der Waals surface area contributed by atoms with E-state index in [2.05, 4.69) is 0 Å². The first-order valence-electron chi connectivity index (χ1n) is 7.89. The van der Waals surface area contributed by atoms with Crippen molar-refractivity contribution in [2.24, 2.45) is 11.7 Å². The molecule has 1 atom stereocenters. The number of nitrogens with zero attached hydrogens (tertiary/aromatic N) is 1. The Morgan fingerprint density at radius 1 is 1.32 bits per heavy atom. The van der Waals surface area contributed by atoms with Crippen LogP contribution >= 0.6 is 11.6 Å². The fourth-order valence-electron chi connectivity index (χ4n) is 2.82. The molecule has 1 aromatic rings. The van der Waals surface area contributed by atoms with Crippen LogP contribution in [0.15, 0.2) is 18.2 Å². The molecule has 1 fully saturated rings. The van der Waals surface area contributed by atoms with Crippen LogP contribution < -0.4 is 10.5 Å². The first-order valence-corrected chi connectivity index (χ1v) is 8.27. The highest BCUT2D eigenvalue weighted by Crippen LogP contribution is 2.27. The summed E-state index contributed by atoms with van der Waals surface area (Å²) in [7, 11) is 0.